The Morgan fingerprint density at radius 1 is 0.854 bits per heavy atom. The first-order valence-electron chi connectivity index (χ1n) is 15.4. The molecule has 4 aromatic carbocycles. The van der Waals surface area contributed by atoms with Crippen LogP contribution < -0.4 is 30.9 Å². The molecule has 2 amide bonds. The Morgan fingerprint density at radius 2 is 1.60 bits per heavy atom. The van der Waals surface area contributed by atoms with E-state index in [-0.39, 0.29) is 22.4 Å². The number of ether oxygens (including phenoxy) is 2. The van der Waals surface area contributed by atoms with Crippen molar-refractivity contribution in [3.05, 3.63) is 123 Å². The van der Waals surface area contributed by atoms with Gasteiger partial charge in [-0.15, -0.1) is 0 Å². The molecule has 11 nitrogen and oxygen atoms in total. The van der Waals surface area contributed by atoms with E-state index in [1.165, 1.54) is 31.9 Å². The van der Waals surface area contributed by atoms with E-state index < -0.39 is 11.8 Å². The number of fused-ring (bicyclic) bond motifs is 2. The van der Waals surface area contributed by atoms with E-state index >= 15 is 0 Å². The number of aromatic nitrogens is 2. The predicted octanol–water partition coefficient (Wildman–Crippen LogP) is 5.84. The van der Waals surface area contributed by atoms with E-state index in [9.17, 15) is 14.4 Å². The van der Waals surface area contributed by atoms with Crippen molar-refractivity contribution >= 4 is 45.1 Å². The van der Waals surface area contributed by atoms with Crippen molar-refractivity contribution < 1.29 is 23.5 Å². The Morgan fingerprint density at radius 3 is 2.38 bits per heavy atom. The Balaban J connectivity index is 1.13. The Kier molecular flexibility index (Phi) is 9.22. The molecule has 0 spiro atoms. The number of amides is 2. The van der Waals surface area contributed by atoms with E-state index in [0.717, 1.165) is 47.6 Å². The zero-order chi connectivity index (χ0) is 33.8. The highest BCUT2D eigenvalue weighted by atomic mass is 16.5. The van der Waals surface area contributed by atoms with Crippen LogP contribution in [-0.2, 0) is 20.0 Å². The molecular formula is C37H35N5O6. The third-order valence-corrected chi connectivity index (χ3v) is 8.07. The summed E-state index contributed by atoms with van der Waals surface area (Å²) < 4.78 is 18.5. The van der Waals surface area contributed by atoms with Gasteiger partial charge >= 0.3 is 0 Å². The van der Waals surface area contributed by atoms with Gasteiger partial charge in [-0.25, -0.2) is 0 Å². The minimum absolute atomic E-state index is 0.123. The Hall–Kier alpha value is -5.94. The monoisotopic (exact) mass is 645 g/mol. The average Bonchev–Trinajstić information content (AvgIpc) is 3.46. The van der Waals surface area contributed by atoms with Crippen LogP contribution in [0.2, 0.25) is 0 Å². The summed E-state index contributed by atoms with van der Waals surface area (Å²) in [5.74, 6) is -0.778. The van der Waals surface area contributed by atoms with Crippen molar-refractivity contribution in [1.29, 1.82) is 0 Å². The van der Waals surface area contributed by atoms with Crippen molar-refractivity contribution in [3.8, 4) is 11.5 Å². The molecule has 244 valence electrons. The van der Waals surface area contributed by atoms with E-state index in [0.29, 0.717) is 28.2 Å². The van der Waals surface area contributed by atoms with Gasteiger partial charge in [-0.05, 0) is 79.0 Å². The van der Waals surface area contributed by atoms with Crippen LogP contribution in [-0.4, -0.2) is 42.4 Å². The van der Waals surface area contributed by atoms with Crippen molar-refractivity contribution in [3.63, 3.8) is 0 Å². The molecule has 0 saturated carbocycles. The lowest BCUT2D eigenvalue weighted by Crippen LogP contribution is -2.20. The first-order valence-corrected chi connectivity index (χ1v) is 15.4. The molecule has 6 rings (SSSR count). The smallest absolute Gasteiger partial charge is 0.291 e. The molecule has 0 aliphatic rings. The number of hydrogen-bond acceptors (Lipinski definition) is 8. The SMILES string of the molecule is COc1cc(NC(=O)c2cc(=O)c3ccc(C)cc3o2)c(C(=O)Nc2ccc(CCNCc3ccc4c(cnn4C)c3)cc2)cc1OC. The maximum Gasteiger partial charge on any atom is 0.291 e. The van der Waals surface area contributed by atoms with Crippen molar-refractivity contribution in [2.45, 2.75) is 19.9 Å². The number of benzene rings is 4. The van der Waals surface area contributed by atoms with Crippen LogP contribution in [0.4, 0.5) is 11.4 Å². The summed E-state index contributed by atoms with van der Waals surface area (Å²) in [4.78, 5) is 39.5. The molecule has 0 aliphatic carbocycles. The molecule has 0 aliphatic heterocycles. The first-order chi connectivity index (χ1) is 23.2. The van der Waals surface area contributed by atoms with Crippen LogP contribution in [0.25, 0.3) is 21.9 Å². The largest absolute Gasteiger partial charge is 0.493 e. The van der Waals surface area contributed by atoms with Crippen LogP contribution in [0.5, 0.6) is 11.5 Å². The zero-order valence-electron chi connectivity index (χ0n) is 27.0. The summed E-state index contributed by atoms with van der Waals surface area (Å²) in [5, 5.41) is 14.9. The number of aryl methyl sites for hydroxylation is 2. The maximum absolute atomic E-state index is 13.6. The molecular weight excluding hydrogens is 610 g/mol. The van der Waals surface area contributed by atoms with Crippen LogP contribution in [0.1, 0.15) is 37.6 Å². The van der Waals surface area contributed by atoms with Gasteiger partial charge in [-0.1, -0.05) is 24.3 Å². The van der Waals surface area contributed by atoms with Gasteiger partial charge in [0.05, 0.1) is 42.6 Å². The molecule has 0 fully saturated rings. The second-order valence-corrected chi connectivity index (χ2v) is 11.4. The number of methoxy groups -OCH3 is 2. The van der Waals surface area contributed by atoms with Gasteiger partial charge in [-0.2, -0.15) is 5.10 Å². The lowest BCUT2D eigenvalue weighted by atomic mass is 10.1. The fourth-order valence-electron chi connectivity index (χ4n) is 5.47. The second-order valence-electron chi connectivity index (χ2n) is 11.4. The second kappa shape index (κ2) is 13.8. The molecule has 6 aromatic rings. The van der Waals surface area contributed by atoms with Crippen molar-refractivity contribution in [1.82, 2.24) is 15.1 Å². The summed E-state index contributed by atoms with van der Waals surface area (Å²) >= 11 is 0. The molecule has 3 N–H and O–H groups in total. The highest BCUT2D eigenvalue weighted by Gasteiger charge is 2.21. The fraction of sp³-hybridized carbons (Fsp3) is 0.189. The highest BCUT2D eigenvalue weighted by molar-refractivity contribution is 6.12. The lowest BCUT2D eigenvalue weighted by molar-refractivity contribution is 0.0997. The van der Waals surface area contributed by atoms with Crippen LogP contribution in [0, 0.1) is 6.92 Å². The molecule has 0 atom stereocenters. The van der Waals surface area contributed by atoms with E-state index in [1.807, 2.05) is 49.1 Å². The van der Waals surface area contributed by atoms with Gasteiger partial charge in [-0.3, -0.25) is 19.1 Å². The summed E-state index contributed by atoms with van der Waals surface area (Å²) in [5.41, 5.74) is 5.06. The molecule has 2 aromatic heterocycles. The van der Waals surface area contributed by atoms with Gasteiger partial charge in [0.1, 0.15) is 5.58 Å². The Bertz CT molecular complexity index is 2200. The zero-order valence-corrected chi connectivity index (χ0v) is 27.0. The molecule has 0 unspecified atom stereocenters. The van der Waals surface area contributed by atoms with Gasteiger partial charge in [0, 0.05) is 36.8 Å². The van der Waals surface area contributed by atoms with Gasteiger partial charge in [0.25, 0.3) is 11.8 Å². The number of hydrogen-bond donors (Lipinski definition) is 3. The van der Waals surface area contributed by atoms with Crippen LogP contribution in [0.3, 0.4) is 0 Å². The molecule has 0 saturated heterocycles. The normalized spacial score (nSPS) is 11.1. The Labute approximate surface area is 276 Å². The van der Waals surface area contributed by atoms with Crippen LogP contribution in [0.15, 0.2) is 94.3 Å². The number of rotatable bonds is 11. The number of nitrogens with zero attached hydrogens (tertiary/aromatic N) is 2. The third kappa shape index (κ3) is 6.91. The summed E-state index contributed by atoms with van der Waals surface area (Å²) in [6, 6.07) is 23.1. The van der Waals surface area contributed by atoms with E-state index in [4.69, 9.17) is 13.9 Å². The van der Waals surface area contributed by atoms with E-state index in [1.54, 1.807) is 18.2 Å². The summed E-state index contributed by atoms with van der Waals surface area (Å²) in [6.45, 7) is 3.39. The van der Waals surface area contributed by atoms with Crippen LogP contribution >= 0.6 is 0 Å². The molecule has 2 heterocycles. The minimum atomic E-state index is -0.702. The topological polar surface area (TPSA) is 137 Å². The number of carbonyl (C=O) groups excluding carboxylic acids is 2. The molecule has 0 bridgehead atoms. The van der Waals surface area contributed by atoms with Gasteiger partial charge < -0.3 is 29.8 Å². The summed E-state index contributed by atoms with van der Waals surface area (Å²) in [6.07, 6.45) is 2.67. The molecule has 48 heavy (non-hydrogen) atoms. The summed E-state index contributed by atoms with van der Waals surface area (Å²) in [7, 11) is 4.84. The minimum Gasteiger partial charge on any atom is -0.493 e. The fourth-order valence-corrected chi connectivity index (χ4v) is 5.47. The maximum atomic E-state index is 13.6. The average molecular weight is 646 g/mol. The van der Waals surface area contributed by atoms with Gasteiger partial charge in [0.15, 0.2) is 22.7 Å². The highest BCUT2D eigenvalue weighted by Crippen LogP contribution is 2.34. The van der Waals surface area contributed by atoms with Crippen molar-refractivity contribution in [2.75, 3.05) is 31.4 Å². The van der Waals surface area contributed by atoms with Crippen molar-refractivity contribution in [2.24, 2.45) is 7.05 Å². The standard InChI is InChI=1S/C37H35N5O6/c1-22-5-11-27-31(43)19-35(48-32(27)15-22)37(45)41-29-18-34(47-4)33(46-3)17-28(29)36(44)40-26-9-6-23(7-10-26)13-14-38-20-24-8-12-30-25(16-24)21-39-42(30)2/h5-12,15-19,21,38H,13-14,20H2,1-4H3,(H,40,44)(H,41,45). The molecule has 0 radical (unpaired) electrons. The lowest BCUT2D eigenvalue weighted by Gasteiger charge is -2.16. The number of anilines is 2. The molecule has 11 heteroatoms. The number of carbonyl (C=O) groups is 2. The quantitative estimate of drug-likeness (QED) is 0.150. The number of nitrogens with one attached hydrogen (secondary N) is 3. The van der Waals surface area contributed by atoms with E-state index in [2.05, 4.69) is 39.2 Å². The van der Waals surface area contributed by atoms with Gasteiger partial charge in [0.2, 0.25) is 0 Å². The third-order valence-electron chi connectivity index (χ3n) is 8.07. The first kappa shape index (κ1) is 32.0. The predicted molar refractivity (Wildman–Crippen MR) is 185 cm³/mol.